The standard InChI is InChI=1S/C19H32N4OS.HI/c1-4-6-15-8-10-16(11-9-15)22-19(21-14-18(24)23(2)3)20-13-17-7-5-12-25-17;/h5,7,12,15-16H,4,6,8-11,13-14H2,1-3H3,(H2,20,21,22);1H. The lowest BCUT2D eigenvalue weighted by Gasteiger charge is -2.30. The van der Waals surface area contributed by atoms with Gasteiger partial charge < -0.3 is 15.5 Å². The minimum Gasteiger partial charge on any atom is -0.354 e. The fourth-order valence-electron chi connectivity index (χ4n) is 3.22. The van der Waals surface area contributed by atoms with Gasteiger partial charge in [-0.3, -0.25) is 4.79 Å². The molecule has 1 fully saturated rings. The third-order valence-corrected chi connectivity index (χ3v) is 5.64. The molecule has 0 aromatic carbocycles. The fraction of sp³-hybridized carbons (Fsp3) is 0.684. The number of hydrogen-bond donors (Lipinski definition) is 2. The number of halogens is 1. The molecule has 7 heteroatoms. The molecule has 0 atom stereocenters. The summed E-state index contributed by atoms with van der Waals surface area (Å²) in [5.74, 6) is 1.66. The Morgan fingerprint density at radius 1 is 1.31 bits per heavy atom. The van der Waals surface area contributed by atoms with Crippen molar-refractivity contribution in [2.45, 2.75) is 58.0 Å². The first-order chi connectivity index (χ1) is 12.1. The maximum absolute atomic E-state index is 11.9. The summed E-state index contributed by atoms with van der Waals surface area (Å²) in [4.78, 5) is 19.2. The van der Waals surface area contributed by atoms with E-state index in [9.17, 15) is 4.79 Å². The molecular weight excluding hydrogens is 459 g/mol. The average molecular weight is 492 g/mol. The number of thiophene rings is 1. The minimum atomic E-state index is 0. The van der Waals surface area contributed by atoms with Gasteiger partial charge in [0, 0.05) is 25.0 Å². The Kier molecular flexibility index (Phi) is 11.2. The van der Waals surface area contributed by atoms with E-state index in [4.69, 9.17) is 0 Å². The predicted molar refractivity (Wildman–Crippen MR) is 121 cm³/mol. The third kappa shape index (κ3) is 8.24. The van der Waals surface area contributed by atoms with Crippen LogP contribution in [0.2, 0.25) is 0 Å². The molecule has 0 saturated heterocycles. The van der Waals surface area contributed by atoms with Crippen molar-refractivity contribution in [3.63, 3.8) is 0 Å². The highest BCUT2D eigenvalue weighted by Crippen LogP contribution is 2.27. The number of carbonyl (C=O) groups is 1. The number of hydrogen-bond acceptors (Lipinski definition) is 3. The van der Waals surface area contributed by atoms with E-state index in [1.165, 1.54) is 43.4 Å². The van der Waals surface area contributed by atoms with Crippen molar-refractivity contribution in [1.29, 1.82) is 0 Å². The van der Waals surface area contributed by atoms with Crippen LogP contribution in [0.1, 0.15) is 50.3 Å². The van der Waals surface area contributed by atoms with E-state index in [0.29, 0.717) is 6.04 Å². The fourth-order valence-corrected chi connectivity index (χ4v) is 3.87. The van der Waals surface area contributed by atoms with Gasteiger partial charge in [0.25, 0.3) is 0 Å². The number of nitrogens with zero attached hydrogens (tertiary/aromatic N) is 2. The highest BCUT2D eigenvalue weighted by Gasteiger charge is 2.21. The zero-order chi connectivity index (χ0) is 18.1. The Bertz CT molecular complexity index is 540. The van der Waals surface area contributed by atoms with Crippen LogP contribution in [-0.2, 0) is 11.3 Å². The summed E-state index contributed by atoms with van der Waals surface area (Å²) in [7, 11) is 3.53. The largest absolute Gasteiger partial charge is 0.354 e. The number of rotatable bonds is 7. The highest BCUT2D eigenvalue weighted by atomic mass is 127. The molecule has 0 spiro atoms. The molecule has 1 aromatic heterocycles. The number of carbonyl (C=O) groups excluding carboxylic acids is 1. The molecule has 0 aliphatic heterocycles. The molecule has 26 heavy (non-hydrogen) atoms. The molecule has 1 aliphatic rings. The van der Waals surface area contributed by atoms with Gasteiger partial charge in [0.05, 0.1) is 6.54 Å². The quantitative estimate of drug-likeness (QED) is 0.346. The lowest BCUT2D eigenvalue weighted by atomic mass is 9.83. The van der Waals surface area contributed by atoms with Gasteiger partial charge in [-0.05, 0) is 43.0 Å². The van der Waals surface area contributed by atoms with Crippen LogP contribution in [0, 0.1) is 5.92 Å². The molecule has 0 radical (unpaired) electrons. The maximum atomic E-state index is 11.9. The zero-order valence-electron chi connectivity index (χ0n) is 16.2. The van der Waals surface area contributed by atoms with Gasteiger partial charge in [-0.15, -0.1) is 35.3 Å². The third-order valence-electron chi connectivity index (χ3n) is 4.77. The first kappa shape index (κ1) is 23.2. The smallest absolute Gasteiger partial charge is 0.243 e. The number of amides is 1. The second kappa shape index (κ2) is 12.5. The molecule has 148 valence electrons. The molecular formula is C19H33IN4OS. The van der Waals surface area contributed by atoms with Crippen LogP contribution in [0.25, 0.3) is 0 Å². The normalized spacial score (nSPS) is 20.2. The van der Waals surface area contributed by atoms with Crippen LogP contribution < -0.4 is 10.6 Å². The summed E-state index contributed by atoms with van der Waals surface area (Å²) >= 11 is 1.73. The highest BCUT2D eigenvalue weighted by molar-refractivity contribution is 14.0. The van der Waals surface area contributed by atoms with Crippen LogP contribution in [0.5, 0.6) is 0 Å². The summed E-state index contributed by atoms with van der Waals surface area (Å²) in [6, 6.07) is 4.62. The Balaban J connectivity index is 0.00000338. The van der Waals surface area contributed by atoms with Gasteiger partial charge in [0.15, 0.2) is 5.96 Å². The van der Waals surface area contributed by atoms with Crippen molar-refractivity contribution < 1.29 is 4.79 Å². The van der Waals surface area contributed by atoms with E-state index < -0.39 is 0 Å². The van der Waals surface area contributed by atoms with Gasteiger partial charge in [-0.2, -0.15) is 0 Å². The van der Waals surface area contributed by atoms with E-state index in [-0.39, 0.29) is 36.4 Å². The van der Waals surface area contributed by atoms with Gasteiger partial charge >= 0.3 is 0 Å². The second-order valence-electron chi connectivity index (χ2n) is 7.04. The molecule has 1 aromatic rings. The molecule has 1 saturated carbocycles. The number of likely N-dealkylation sites (N-methyl/N-ethyl adjacent to an activating group) is 1. The Hall–Kier alpha value is -0.830. The van der Waals surface area contributed by atoms with Crippen molar-refractivity contribution in [3.8, 4) is 0 Å². The molecule has 0 bridgehead atoms. The summed E-state index contributed by atoms with van der Waals surface area (Å²) < 4.78 is 0. The van der Waals surface area contributed by atoms with Crippen LogP contribution in [0.3, 0.4) is 0 Å². The lowest BCUT2D eigenvalue weighted by molar-refractivity contribution is -0.127. The summed E-state index contributed by atoms with van der Waals surface area (Å²) in [6.45, 7) is 3.19. The summed E-state index contributed by atoms with van der Waals surface area (Å²) in [5.41, 5.74) is 0. The van der Waals surface area contributed by atoms with Crippen molar-refractivity contribution >= 4 is 47.2 Å². The van der Waals surface area contributed by atoms with Crippen LogP contribution in [-0.4, -0.2) is 43.4 Å². The summed E-state index contributed by atoms with van der Waals surface area (Å²) in [5, 5.41) is 9.00. The number of aliphatic imine (C=N–C) groups is 1. The Morgan fingerprint density at radius 3 is 2.62 bits per heavy atom. The van der Waals surface area contributed by atoms with Gasteiger partial charge in [-0.1, -0.05) is 25.8 Å². The van der Waals surface area contributed by atoms with Gasteiger partial charge in [0.1, 0.15) is 6.54 Å². The number of nitrogens with one attached hydrogen (secondary N) is 2. The van der Waals surface area contributed by atoms with E-state index in [1.807, 2.05) is 0 Å². The summed E-state index contributed by atoms with van der Waals surface area (Å²) in [6.07, 6.45) is 7.59. The van der Waals surface area contributed by atoms with Gasteiger partial charge in [-0.25, -0.2) is 4.99 Å². The van der Waals surface area contributed by atoms with Gasteiger partial charge in [0.2, 0.25) is 5.91 Å². The molecule has 2 rings (SSSR count). The predicted octanol–water partition coefficient (Wildman–Crippen LogP) is 3.85. The van der Waals surface area contributed by atoms with Crippen LogP contribution in [0.4, 0.5) is 0 Å². The van der Waals surface area contributed by atoms with E-state index in [2.05, 4.69) is 40.1 Å². The van der Waals surface area contributed by atoms with Crippen molar-refractivity contribution in [3.05, 3.63) is 22.4 Å². The number of guanidine groups is 1. The molecule has 5 nitrogen and oxygen atoms in total. The SMILES string of the molecule is CCCC1CCC(NC(=NCC(=O)N(C)C)NCc2cccs2)CC1.I. The molecule has 2 N–H and O–H groups in total. The maximum Gasteiger partial charge on any atom is 0.243 e. The van der Waals surface area contributed by atoms with E-state index >= 15 is 0 Å². The lowest BCUT2D eigenvalue weighted by Crippen LogP contribution is -2.45. The molecule has 1 heterocycles. The average Bonchev–Trinajstić information content (AvgIpc) is 3.12. The Labute approximate surface area is 179 Å². The van der Waals surface area contributed by atoms with Crippen molar-refractivity contribution in [2.75, 3.05) is 20.6 Å². The topological polar surface area (TPSA) is 56.7 Å². The monoisotopic (exact) mass is 492 g/mol. The van der Waals surface area contributed by atoms with E-state index in [1.54, 1.807) is 30.3 Å². The first-order valence-electron chi connectivity index (χ1n) is 9.35. The minimum absolute atomic E-state index is 0. The van der Waals surface area contributed by atoms with Crippen molar-refractivity contribution in [2.24, 2.45) is 10.9 Å². The zero-order valence-corrected chi connectivity index (χ0v) is 19.3. The first-order valence-corrected chi connectivity index (χ1v) is 10.2. The van der Waals surface area contributed by atoms with Crippen LogP contribution in [0.15, 0.2) is 22.5 Å². The van der Waals surface area contributed by atoms with Crippen molar-refractivity contribution in [1.82, 2.24) is 15.5 Å². The molecule has 0 unspecified atom stereocenters. The van der Waals surface area contributed by atoms with E-state index in [0.717, 1.165) is 18.4 Å². The Morgan fingerprint density at radius 2 is 2.04 bits per heavy atom. The molecule has 1 aliphatic carbocycles. The van der Waals surface area contributed by atoms with Crippen LogP contribution >= 0.6 is 35.3 Å². The second-order valence-corrected chi connectivity index (χ2v) is 8.07. The molecule has 1 amide bonds.